The van der Waals surface area contributed by atoms with E-state index in [1.165, 1.54) is 13.8 Å². The summed E-state index contributed by atoms with van der Waals surface area (Å²) in [5, 5.41) is 27.7. The third kappa shape index (κ3) is 4.24. The monoisotopic (exact) mass is 190 g/mol. The molecule has 0 radical (unpaired) electrons. The first-order valence-corrected chi connectivity index (χ1v) is 4.39. The Morgan fingerprint density at radius 2 is 1.77 bits per heavy atom. The third-order valence-electron chi connectivity index (χ3n) is 1.97. The van der Waals surface area contributed by atoms with Crippen LogP contribution in [0.2, 0.25) is 0 Å². The molecule has 13 heavy (non-hydrogen) atoms. The Bertz CT molecular complexity index is 184. The van der Waals surface area contributed by atoms with Crippen LogP contribution in [0.4, 0.5) is 0 Å². The van der Waals surface area contributed by atoms with Gasteiger partial charge in [0.15, 0.2) is 5.60 Å². The predicted octanol–water partition coefficient (Wildman–Crippen LogP) is 0.763. The van der Waals surface area contributed by atoms with Crippen molar-refractivity contribution in [3.05, 3.63) is 0 Å². The zero-order valence-corrected chi connectivity index (χ0v) is 8.37. The average Bonchev–Trinajstić information content (AvgIpc) is 1.83. The van der Waals surface area contributed by atoms with Crippen LogP contribution in [0.1, 0.15) is 40.0 Å². The maximum Gasteiger partial charge on any atom is 0.335 e. The van der Waals surface area contributed by atoms with Crippen molar-refractivity contribution in [3.8, 4) is 0 Å². The minimum atomic E-state index is -1.85. The van der Waals surface area contributed by atoms with Crippen molar-refractivity contribution < 1.29 is 20.1 Å². The van der Waals surface area contributed by atoms with Crippen molar-refractivity contribution in [1.82, 2.24) is 0 Å². The Hall–Kier alpha value is -0.610. The molecule has 0 rings (SSSR count). The van der Waals surface area contributed by atoms with Crippen LogP contribution in [0.3, 0.4) is 0 Å². The van der Waals surface area contributed by atoms with Crippen molar-refractivity contribution in [2.24, 2.45) is 0 Å². The largest absolute Gasteiger partial charge is 0.479 e. The highest BCUT2D eigenvalue weighted by molar-refractivity contribution is 5.76. The van der Waals surface area contributed by atoms with E-state index >= 15 is 0 Å². The fraction of sp³-hybridized carbons (Fsp3) is 0.889. The second-order valence-electron chi connectivity index (χ2n) is 4.00. The van der Waals surface area contributed by atoms with E-state index in [-0.39, 0.29) is 6.42 Å². The lowest BCUT2D eigenvalue weighted by Gasteiger charge is -2.29. The Kier molecular flexibility index (Phi) is 3.88. The molecule has 0 aliphatic rings. The van der Waals surface area contributed by atoms with E-state index in [0.29, 0.717) is 6.42 Å². The molecule has 0 spiro atoms. The lowest BCUT2D eigenvalue weighted by Crippen LogP contribution is -2.43. The summed E-state index contributed by atoms with van der Waals surface area (Å²) in [5.74, 6) is -1.30. The van der Waals surface area contributed by atoms with Gasteiger partial charge in [0.05, 0.1) is 5.60 Å². The number of carbonyl (C=O) groups is 1. The van der Waals surface area contributed by atoms with Crippen LogP contribution >= 0.6 is 0 Å². The Morgan fingerprint density at radius 1 is 1.31 bits per heavy atom. The molecular weight excluding hydrogens is 172 g/mol. The summed E-state index contributed by atoms with van der Waals surface area (Å²) in [6, 6.07) is 0. The lowest BCUT2D eigenvalue weighted by molar-refractivity contribution is -0.163. The van der Waals surface area contributed by atoms with Crippen LogP contribution in [-0.4, -0.2) is 32.5 Å². The minimum Gasteiger partial charge on any atom is -0.479 e. The van der Waals surface area contributed by atoms with Crippen LogP contribution in [0.25, 0.3) is 0 Å². The number of rotatable bonds is 5. The van der Waals surface area contributed by atoms with Gasteiger partial charge in [0.25, 0.3) is 0 Å². The zero-order chi connectivity index (χ0) is 10.7. The molecule has 2 atom stereocenters. The van der Waals surface area contributed by atoms with E-state index in [0.717, 1.165) is 6.42 Å². The van der Waals surface area contributed by atoms with Gasteiger partial charge in [0.2, 0.25) is 0 Å². The predicted molar refractivity (Wildman–Crippen MR) is 48.4 cm³/mol. The second kappa shape index (κ2) is 4.07. The van der Waals surface area contributed by atoms with Crippen LogP contribution < -0.4 is 0 Å². The van der Waals surface area contributed by atoms with Gasteiger partial charge >= 0.3 is 5.97 Å². The highest BCUT2D eigenvalue weighted by Gasteiger charge is 2.37. The summed E-state index contributed by atoms with van der Waals surface area (Å²) in [4.78, 5) is 10.5. The van der Waals surface area contributed by atoms with Gasteiger partial charge in [-0.3, -0.25) is 0 Å². The SMILES string of the molecule is CCCC(C)(O)CC(C)(O)C(=O)O. The number of hydrogen-bond acceptors (Lipinski definition) is 3. The fourth-order valence-electron chi connectivity index (χ4n) is 1.44. The van der Waals surface area contributed by atoms with Gasteiger partial charge in [-0.15, -0.1) is 0 Å². The Balaban J connectivity index is 4.33. The summed E-state index contributed by atoms with van der Waals surface area (Å²) in [5.41, 5.74) is -2.96. The number of aliphatic carboxylic acids is 1. The van der Waals surface area contributed by atoms with Crippen molar-refractivity contribution in [2.75, 3.05) is 0 Å². The van der Waals surface area contributed by atoms with Crippen molar-refractivity contribution in [1.29, 1.82) is 0 Å². The van der Waals surface area contributed by atoms with Gasteiger partial charge in [0, 0.05) is 6.42 Å². The molecule has 0 bridgehead atoms. The molecule has 0 saturated carbocycles. The average molecular weight is 190 g/mol. The Morgan fingerprint density at radius 3 is 2.08 bits per heavy atom. The van der Waals surface area contributed by atoms with Gasteiger partial charge in [0.1, 0.15) is 0 Å². The first-order valence-electron chi connectivity index (χ1n) is 4.39. The number of carboxylic acid groups (broad SMARTS) is 1. The van der Waals surface area contributed by atoms with E-state index in [1.54, 1.807) is 0 Å². The molecule has 3 N–H and O–H groups in total. The van der Waals surface area contributed by atoms with Crippen molar-refractivity contribution in [3.63, 3.8) is 0 Å². The highest BCUT2D eigenvalue weighted by Crippen LogP contribution is 2.24. The summed E-state index contributed by atoms with van der Waals surface area (Å²) in [6.45, 7) is 4.62. The molecule has 0 fully saturated rings. The van der Waals surface area contributed by atoms with Crippen molar-refractivity contribution >= 4 is 5.97 Å². The van der Waals surface area contributed by atoms with E-state index in [4.69, 9.17) is 5.11 Å². The summed E-state index contributed by atoms with van der Waals surface area (Å²) >= 11 is 0. The molecule has 0 aliphatic carbocycles. The van der Waals surface area contributed by atoms with Crippen LogP contribution in [0.15, 0.2) is 0 Å². The molecule has 4 nitrogen and oxygen atoms in total. The Labute approximate surface area is 78.2 Å². The first kappa shape index (κ1) is 12.4. The van der Waals surface area contributed by atoms with E-state index in [1.807, 2.05) is 6.92 Å². The molecule has 4 heteroatoms. The molecule has 0 aliphatic heterocycles. The smallest absolute Gasteiger partial charge is 0.335 e. The minimum absolute atomic E-state index is 0.150. The molecule has 0 amide bonds. The first-order chi connectivity index (χ1) is 5.71. The molecule has 0 aromatic heterocycles. The van der Waals surface area contributed by atoms with Crippen molar-refractivity contribution in [2.45, 2.75) is 51.2 Å². The van der Waals surface area contributed by atoms with E-state index in [9.17, 15) is 15.0 Å². The summed E-state index contributed by atoms with van der Waals surface area (Å²) < 4.78 is 0. The quantitative estimate of drug-likeness (QED) is 0.598. The maximum absolute atomic E-state index is 10.5. The fourth-order valence-corrected chi connectivity index (χ4v) is 1.44. The van der Waals surface area contributed by atoms with Gasteiger partial charge in [-0.1, -0.05) is 13.3 Å². The lowest BCUT2D eigenvalue weighted by atomic mass is 9.86. The van der Waals surface area contributed by atoms with Gasteiger partial charge in [-0.2, -0.15) is 0 Å². The second-order valence-corrected chi connectivity index (χ2v) is 4.00. The topological polar surface area (TPSA) is 77.8 Å². The van der Waals surface area contributed by atoms with Crippen LogP contribution in [0, 0.1) is 0 Å². The number of carboxylic acids is 1. The summed E-state index contributed by atoms with van der Waals surface area (Å²) in [6.07, 6.45) is 1.09. The molecule has 0 aromatic carbocycles. The number of hydrogen-bond donors (Lipinski definition) is 3. The van der Waals surface area contributed by atoms with Crippen LogP contribution in [0.5, 0.6) is 0 Å². The normalized spacial score (nSPS) is 20.4. The zero-order valence-electron chi connectivity index (χ0n) is 8.37. The maximum atomic E-state index is 10.5. The van der Waals surface area contributed by atoms with Gasteiger partial charge in [-0.25, -0.2) is 4.79 Å². The molecule has 78 valence electrons. The van der Waals surface area contributed by atoms with Gasteiger partial charge in [-0.05, 0) is 20.3 Å². The highest BCUT2D eigenvalue weighted by atomic mass is 16.4. The molecule has 2 unspecified atom stereocenters. The van der Waals surface area contributed by atoms with E-state index in [2.05, 4.69) is 0 Å². The molecular formula is C9H18O4. The molecule has 0 aromatic rings. The molecule has 0 heterocycles. The standard InChI is InChI=1S/C9H18O4/c1-4-5-8(2,12)6-9(3,13)7(10)11/h12-13H,4-6H2,1-3H3,(H,10,11). The summed E-state index contributed by atoms with van der Waals surface area (Å²) in [7, 11) is 0. The van der Waals surface area contributed by atoms with Gasteiger partial charge < -0.3 is 15.3 Å². The third-order valence-corrected chi connectivity index (χ3v) is 1.97. The van der Waals surface area contributed by atoms with E-state index < -0.39 is 17.2 Å². The molecule has 0 saturated heterocycles. The number of aliphatic hydroxyl groups is 2. The van der Waals surface area contributed by atoms with Crippen LogP contribution in [-0.2, 0) is 4.79 Å².